The molecule has 0 saturated heterocycles. The first-order valence-electron chi connectivity index (χ1n) is 10.5. The number of amides is 1. The molecule has 32 heavy (non-hydrogen) atoms. The Kier molecular flexibility index (Phi) is 5.10. The molecule has 4 aromatic rings. The lowest BCUT2D eigenvalue weighted by atomic mass is 10.0. The quantitative estimate of drug-likeness (QED) is 0.497. The smallest absolute Gasteiger partial charge is 0.311 e. The van der Waals surface area contributed by atoms with Gasteiger partial charge in [-0.05, 0) is 48.7 Å². The number of aryl methyl sites for hydroxylation is 1. The SMILES string of the molecule is O=C(Cn1c(=O)n(Cc2ccccn2)c(=O)c2ncccc21)N1CCCc2ccccc21. The van der Waals surface area contributed by atoms with Crippen LogP contribution >= 0.6 is 0 Å². The number of anilines is 1. The fraction of sp³-hybridized carbons (Fsp3) is 0.208. The zero-order valence-electron chi connectivity index (χ0n) is 17.3. The second-order valence-electron chi connectivity index (χ2n) is 7.73. The van der Waals surface area contributed by atoms with E-state index in [1.165, 1.54) is 10.8 Å². The standard InChI is InChI=1S/C24H21N5O3/c30-21(27-14-6-8-17-7-1-2-10-19(17)27)16-28-20-11-5-13-26-22(20)23(31)29(24(28)32)15-18-9-3-4-12-25-18/h1-5,7,9-13H,6,8,14-16H2. The van der Waals surface area contributed by atoms with E-state index in [0.717, 1.165) is 28.7 Å². The number of rotatable bonds is 4. The van der Waals surface area contributed by atoms with Gasteiger partial charge in [-0.1, -0.05) is 24.3 Å². The van der Waals surface area contributed by atoms with Crippen molar-refractivity contribution in [3.05, 3.63) is 99.1 Å². The minimum absolute atomic E-state index is 0.00571. The van der Waals surface area contributed by atoms with Crippen LogP contribution in [0.5, 0.6) is 0 Å². The summed E-state index contributed by atoms with van der Waals surface area (Å²) in [7, 11) is 0. The minimum atomic E-state index is -0.556. The maximum atomic E-state index is 13.4. The number of aromatic nitrogens is 4. The van der Waals surface area contributed by atoms with Crippen LogP contribution in [0.25, 0.3) is 11.0 Å². The van der Waals surface area contributed by atoms with E-state index in [0.29, 0.717) is 17.8 Å². The van der Waals surface area contributed by atoms with Gasteiger partial charge in [0.2, 0.25) is 5.91 Å². The summed E-state index contributed by atoms with van der Waals surface area (Å²) >= 11 is 0. The van der Waals surface area contributed by atoms with E-state index in [-0.39, 0.29) is 24.5 Å². The summed E-state index contributed by atoms with van der Waals surface area (Å²) in [5.74, 6) is -0.201. The summed E-state index contributed by atoms with van der Waals surface area (Å²) in [6.07, 6.45) is 4.89. The van der Waals surface area contributed by atoms with Crippen LogP contribution in [0.3, 0.4) is 0 Å². The molecule has 0 saturated carbocycles. The van der Waals surface area contributed by atoms with Crippen LogP contribution in [0, 0.1) is 0 Å². The van der Waals surface area contributed by atoms with E-state index in [4.69, 9.17) is 0 Å². The third-order valence-corrected chi connectivity index (χ3v) is 5.74. The van der Waals surface area contributed by atoms with Gasteiger partial charge in [-0.15, -0.1) is 0 Å². The number of nitrogens with zero attached hydrogens (tertiary/aromatic N) is 5. The van der Waals surface area contributed by atoms with Gasteiger partial charge in [0.25, 0.3) is 5.56 Å². The highest BCUT2D eigenvalue weighted by Gasteiger charge is 2.24. The zero-order chi connectivity index (χ0) is 22.1. The monoisotopic (exact) mass is 427 g/mol. The van der Waals surface area contributed by atoms with Crippen LogP contribution < -0.4 is 16.1 Å². The Hall–Kier alpha value is -4.07. The van der Waals surface area contributed by atoms with Crippen molar-refractivity contribution in [2.75, 3.05) is 11.4 Å². The lowest BCUT2D eigenvalue weighted by Gasteiger charge is -2.29. The number of benzene rings is 1. The molecule has 0 fully saturated rings. The Balaban J connectivity index is 1.59. The van der Waals surface area contributed by atoms with E-state index >= 15 is 0 Å². The molecule has 0 bridgehead atoms. The van der Waals surface area contributed by atoms with Gasteiger partial charge < -0.3 is 4.90 Å². The zero-order valence-corrected chi connectivity index (χ0v) is 17.3. The summed E-state index contributed by atoms with van der Waals surface area (Å²) in [5, 5.41) is 0. The van der Waals surface area contributed by atoms with Crippen LogP contribution in [0.4, 0.5) is 5.69 Å². The predicted molar refractivity (Wildman–Crippen MR) is 121 cm³/mol. The number of carbonyl (C=O) groups is 1. The number of para-hydroxylation sites is 1. The summed E-state index contributed by atoms with van der Waals surface area (Å²) in [5.41, 5.74) is 2.01. The van der Waals surface area contributed by atoms with Crippen molar-refractivity contribution >= 4 is 22.6 Å². The Morgan fingerprint density at radius 3 is 2.56 bits per heavy atom. The number of hydrogen-bond donors (Lipinski definition) is 0. The molecule has 0 aliphatic carbocycles. The van der Waals surface area contributed by atoms with Gasteiger partial charge in [-0.2, -0.15) is 0 Å². The molecular formula is C24H21N5O3. The highest BCUT2D eigenvalue weighted by Crippen LogP contribution is 2.27. The molecule has 0 radical (unpaired) electrons. The van der Waals surface area contributed by atoms with Crippen molar-refractivity contribution in [3.8, 4) is 0 Å². The maximum absolute atomic E-state index is 13.4. The molecule has 5 rings (SSSR count). The lowest BCUT2D eigenvalue weighted by Crippen LogP contribution is -2.45. The first-order valence-corrected chi connectivity index (χ1v) is 10.5. The average Bonchev–Trinajstić information content (AvgIpc) is 2.84. The molecule has 0 N–H and O–H groups in total. The highest BCUT2D eigenvalue weighted by molar-refractivity contribution is 5.95. The Bertz CT molecular complexity index is 1430. The number of hydrogen-bond acceptors (Lipinski definition) is 5. The van der Waals surface area contributed by atoms with E-state index in [1.807, 2.05) is 24.3 Å². The highest BCUT2D eigenvalue weighted by atomic mass is 16.2. The van der Waals surface area contributed by atoms with Crippen LogP contribution in [-0.4, -0.2) is 31.6 Å². The van der Waals surface area contributed by atoms with E-state index in [1.54, 1.807) is 41.4 Å². The van der Waals surface area contributed by atoms with Crippen LogP contribution in [0.1, 0.15) is 17.7 Å². The van der Waals surface area contributed by atoms with Crippen LogP contribution in [-0.2, 0) is 24.3 Å². The lowest BCUT2D eigenvalue weighted by molar-refractivity contribution is -0.119. The van der Waals surface area contributed by atoms with Gasteiger partial charge in [-0.25, -0.2) is 9.78 Å². The fourth-order valence-electron chi connectivity index (χ4n) is 4.20. The maximum Gasteiger partial charge on any atom is 0.332 e. The molecule has 0 atom stereocenters. The predicted octanol–water partition coefficient (Wildman–Crippen LogP) is 1.98. The van der Waals surface area contributed by atoms with Crippen LogP contribution in [0.15, 0.2) is 76.6 Å². The summed E-state index contributed by atoms with van der Waals surface area (Å²) in [6.45, 7) is 0.415. The molecule has 1 aliphatic heterocycles. The Morgan fingerprint density at radius 1 is 0.906 bits per heavy atom. The summed E-state index contributed by atoms with van der Waals surface area (Å²) in [4.78, 5) is 49.9. The normalized spacial score (nSPS) is 13.2. The second kappa shape index (κ2) is 8.22. The van der Waals surface area contributed by atoms with Gasteiger partial charge in [0.05, 0.1) is 17.8 Å². The number of carbonyl (C=O) groups excluding carboxylic acids is 1. The number of fused-ring (bicyclic) bond motifs is 2. The van der Waals surface area contributed by atoms with Gasteiger partial charge in [0.15, 0.2) is 5.52 Å². The van der Waals surface area contributed by atoms with Crippen molar-refractivity contribution in [1.82, 2.24) is 19.1 Å². The molecule has 3 aromatic heterocycles. The Labute approximate surface area is 183 Å². The molecule has 4 heterocycles. The van der Waals surface area contributed by atoms with E-state index < -0.39 is 11.2 Å². The van der Waals surface area contributed by atoms with Crippen molar-refractivity contribution in [2.45, 2.75) is 25.9 Å². The first-order chi connectivity index (χ1) is 15.6. The molecule has 0 unspecified atom stereocenters. The first kappa shape index (κ1) is 19.9. The topological polar surface area (TPSA) is 90.1 Å². The van der Waals surface area contributed by atoms with E-state index in [9.17, 15) is 14.4 Å². The van der Waals surface area contributed by atoms with E-state index in [2.05, 4.69) is 9.97 Å². The van der Waals surface area contributed by atoms with Crippen molar-refractivity contribution in [2.24, 2.45) is 0 Å². The second-order valence-corrected chi connectivity index (χ2v) is 7.73. The molecule has 1 aliphatic rings. The Morgan fingerprint density at radius 2 is 1.72 bits per heavy atom. The summed E-state index contributed by atoms with van der Waals surface area (Å²) < 4.78 is 2.43. The summed E-state index contributed by atoms with van der Waals surface area (Å²) in [6, 6.07) is 16.4. The van der Waals surface area contributed by atoms with Crippen molar-refractivity contribution in [1.29, 1.82) is 0 Å². The van der Waals surface area contributed by atoms with Crippen molar-refractivity contribution < 1.29 is 4.79 Å². The third-order valence-electron chi connectivity index (χ3n) is 5.74. The third kappa shape index (κ3) is 3.49. The number of pyridine rings is 2. The average molecular weight is 427 g/mol. The van der Waals surface area contributed by atoms with Gasteiger partial charge in [0, 0.05) is 24.6 Å². The molecule has 0 spiro atoms. The molecule has 160 valence electrons. The fourth-order valence-corrected chi connectivity index (χ4v) is 4.20. The molecular weight excluding hydrogens is 406 g/mol. The minimum Gasteiger partial charge on any atom is -0.311 e. The van der Waals surface area contributed by atoms with Gasteiger partial charge in [0.1, 0.15) is 6.54 Å². The molecule has 8 heteroatoms. The van der Waals surface area contributed by atoms with Crippen molar-refractivity contribution in [3.63, 3.8) is 0 Å². The van der Waals surface area contributed by atoms with Gasteiger partial charge in [-0.3, -0.25) is 23.7 Å². The largest absolute Gasteiger partial charge is 0.332 e. The van der Waals surface area contributed by atoms with Crippen LogP contribution in [0.2, 0.25) is 0 Å². The van der Waals surface area contributed by atoms with Gasteiger partial charge >= 0.3 is 5.69 Å². The molecule has 1 amide bonds. The molecule has 1 aromatic carbocycles. The molecule has 8 nitrogen and oxygen atoms in total.